The molecule has 3 aromatic rings. The van der Waals surface area contributed by atoms with Gasteiger partial charge in [0.25, 0.3) is 5.91 Å². The van der Waals surface area contributed by atoms with Crippen molar-refractivity contribution in [3.63, 3.8) is 0 Å². The molecule has 170 valence electrons. The van der Waals surface area contributed by atoms with Crippen molar-refractivity contribution in [1.82, 2.24) is 9.80 Å². The van der Waals surface area contributed by atoms with Crippen molar-refractivity contribution in [2.45, 2.75) is 25.2 Å². The number of carbonyl (C=O) groups is 2. The largest absolute Gasteiger partial charge is 0.350 e. The lowest BCUT2D eigenvalue weighted by atomic mass is 9.96. The third-order valence-electron chi connectivity index (χ3n) is 6.95. The zero-order chi connectivity index (χ0) is 23.1. The van der Waals surface area contributed by atoms with Crippen LogP contribution < -0.4 is 10.6 Å². The van der Waals surface area contributed by atoms with E-state index in [2.05, 4.69) is 10.6 Å². The number of para-hydroxylation sites is 2. The Morgan fingerprint density at radius 1 is 0.706 bits per heavy atom. The maximum absolute atomic E-state index is 13.9. The molecule has 2 fully saturated rings. The summed E-state index contributed by atoms with van der Waals surface area (Å²) in [6, 6.07) is 27.8. The zero-order valence-electron chi connectivity index (χ0n) is 18.8. The summed E-state index contributed by atoms with van der Waals surface area (Å²) >= 11 is 0. The van der Waals surface area contributed by atoms with Crippen molar-refractivity contribution in [3.05, 3.63) is 107 Å². The number of amides is 2. The minimum absolute atomic E-state index is 0.0205. The molecule has 1 spiro atoms. The summed E-state index contributed by atoms with van der Waals surface area (Å²) in [5.41, 5.74) is 4.39. The van der Waals surface area contributed by atoms with E-state index in [4.69, 9.17) is 0 Å². The van der Waals surface area contributed by atoms with Crippen LogP contribution in [0.4, 0.5) is 11.4 Å². The minimum atomic E-state index is -1.12. The van der Waals surface area contributed by atoms with E-state index < -0.39 is 5.66 Å². The number of nitrogens with zero attached hydrogens (tertiary/aromatic N) is 2. The number of anilines is 2. The molecule has 3 aliphatic heterocycles. The molecule has 0 unspecified atom stereocenters. The summed E-state index contributed by atoms with van der Waals surface area (Å²) in [7, 11) is 0. The van der Waals surface area contributed by atoms with E-state index in [-0.39, 0.29) is 11.8 Å². The van der Waals surface area contributed by atoms with E-state index in [9.17, 15) is 9.59 Å². The molecule has 0 aliphatic carbocycles. The van der Waals surface area contributed by atoms with Gasteiger partial charge in [0, 0.05) is 37.3 Å². The normalized spacial score (nSPS) is 20.6. The van der Waals surface area contributed by atoms with Crippen molar-refractivity contribution < 1.29 is 9.59 Å². The van der Waals surface area contributed by atoms with Gasteiger partial charge < -0.3 is 20.4 Å². The zero-order valence-corrected chi connectivity index (χ0v) is 18.8. The molecule has 6 rings (SSSR count). The Balaban J connectivity index is 1.36. The van der Waals surface area contributed by atoms with Crippen LogP contribution in [0.15, 0.2) is 96.1 Å². The van der Waals surface area contributed by atoms with Gasteiger partial charge in [0.2, 0.25) is 11.6 Å². The van der Waals surface area contributed by atoms with E-state index in [1.807, 2.05) is 94.7 Å². The first kappa shape index (κ1) is 20.5. The number of fused-ring (bicyclic) bond motifs is 1. The third-order valence-corrected chi connectivity index (χ3v) is 6.95. The Kier molecular flexibility index (Phi) is 4.87. The number of carbonyl (C=O) groups excluding carboxylic acids is 2. The van der Waals surface area contributed by atoms with E-state index in [0.717, 1.165) is 33.6 Å². The summed E-state index contributed by atoms with van der Waals surface area (Å²) in [6.45, 7) is 2.15. The van der Waals surface area contributed by atoms with Crippen LogP contribution in [0.5, 0.6) is 0 Å². The van der Waals surface area contributed by atoms with Crippen molar-refractivity contribution in [1.29, 1.82) is 0 Å². The van der Waals surface area contributed by atoms with Crippen LogP contribution in [0.25, 0.3) is 0 Å². The highest BCUT2D eigenvalue weighted by Gasteiger charge is 2.56. The second-order valence-corrected chi connectivity index (χ2v) is 9.11. The summed E-state index contributed by atoms with van der Waals surface area (Å²) in [4.78, 5) is 31.2. The molecule has 3 aliphatic rings. The van der Waals surface area contributed by atoms with Gasteiger partial charge in [-0.1, -0.05) is 72.8 Å². The lowest BCUT2D eigenvalue weighted by Crippen LogP contribution is -2.51. The predicted molar refractivity (Wildman–Crippen MR) is 132 cm³/mol. The van der Waals surface area contributed by atoms with Crippen molar-refractivity contribution >= 4 is 23.2 Å². The van der Waals surface area contributed by atoms with E-state index in [1.165, 1.54) is 0 Å². The number of likely N-dealkylation sites (tertiary alicyclic amines) is 2. The number of benzene rings is 3. The van der Waals surface area contributed by atoms with Crippen molar-refractivity contribution in [3.8, 4) is 0 Å². The van der Waals surface area contributed by atoms with Gasteiger partial charge in [0.05, 0.1) is 11.4 Å². The topological polar surface area (TPSA) is 64.7 Å². The van der Waals surface area contributed by atoms with Gasteiger partial charge in [-0.2, -0.15) is 0 Å². The van der Waals surface area contributed by atoms with E-state index >= 15 is 0 Å². The average molecular weight is 451 g/mol. The number of hydrogen-bond donors (Lipinski definition) is 2. The maximum Gasteiger partial charge on any atom is 0.274 e. The molecule has 2 N–H and O–H groups in total. The van der Waals surface area contributed by atoms with Gasteiger partial charge in [-0.15, -0.1) is 0 Å². The molecule has 2 saturated heterocycles. The number of nitrogens with one attached hydrogen (secondary N) is 2. The molecule has 6 heteroatoms. The molecule has 3 heterocycles. The predicted octanol–water partition coefficient (Wildman–Crippen LogP) is 3.99. The van der Waals surface area contributed by atoms with E-state index in [0.29, 0.717) is 32.6 Å². The molecule has 0 radical (unpaired) electrons. The standard InChI is InChI=1S/C28H26N4O2/c33-26-22(15-16-31(26)17-20-9-3-1-4-10-20)23-19-32(18-21-11-5-2-6-12-21)27(34)28(23)29-24-13-7-8-14-25(24)30-28/h1-14,29-30H,15-19H2/b23-22-. The first-order valence-corrected chi connectivity index (χ1v) is 11.7. The lowest BCUT2D eigenvalue weighted by molar-refractivity contribution is -0.130. The number of rotatable bonds is 4. The van der Waals surface area contributed by atoms with Gasteiger partial charge in [-0.25, -0.2) is 0 Å². The Labute approximate surface area is 198 Å². The van der Waals surface area contributed by atoms with Crippen LogP contribution in [0, 0.1) is 0 Å². The Hall–Kier alpha value is -4.06. The highest BCUT2D eigenvalue weighted by Crippen LogP contribution is 2.44. The fourth-order valence-electron chi connectivity index (χ4n) is 5.28. The van der Waals surface area contributed by atoms with Crippen LogP contribution in [0.1, 0.15) is 17.5 Å². The molecule has 0 bridgehead atoms. The molecule has 0 atom stereocenters. The maximum atomic E-state index is 13.9. The smallest absolute Gasteiger partial charge is 0.274 e. The van der Waals surface area contributed by atoms with Crippen LogP contribution >= 0.6 is 0 Å². The summed E-state index contributed by atoms with van der Waals surface area (Å²) in [5.74, 6) is -0.0310. The van der Waals surface area contributed by atoms with Crippen LogP contribution in [0.3, 0.4) is 0 Å². The van der Waals surface area contributed by atoms with Crippen LogP contribution in [-0.4, -0.2) is 40.4 Å². The van der Waals surface area contributed by atoms with E-state index in [1.54, 1.807) is 0 Å². The minimum Gasteiger partial charge on any atom is -0.350 e. The lowest BCUT2D eigenvalue weighted by Gasteiger charge is -2.26. The second-order valence-electron chi connectivity index (χ2n) is 9.11. The van der Waals surface area contributed by atoms with Gasteiger partial charge in [-0.05, 0) is 29.7 Å². The van der Waals surface area contributed by atoms with Gasteiger partial charge in [0.15, 0.2) is 0 Å². The van der Waals surface area contributed by atoms with Crippen LogP contribution in [-0.2, 0) is 22.7 Å². The van der Waals surface area contributed by atoms with Gasteiger partial charge in [-0.3, -0.25) is 9.59 Å². The SMILES string of the molecule is O=C1/C(=C2/CN(Cc3ccccc3)C(=O)C23Nc2ccccc2N3)CCN1Cc1ccccc1. The fourth-order valence-corrected chi connectivity index (χ4v) is 5.28. The van der Waals surface area contributed by atoms with Crippen molar-refractivity contribution in [2.75, 3.05) is 23.7 Å². The summed E-state index contributed by atoms with van der Waals surface area (Å²) in [5, 5.41) is 6.91. The second kappa shape index (κ2) is 8.06. The molecular weight excluding hydrogens is 424 g/mol. The average Bonchev–Trinajstić information content (AvgIpc) is 3.51. The highest BCUT2D eigenvalue weighted by molar-refractivity contribution is 6.07. The van der Waals surface area contributed by atoms with Gasteiger partial charge in [0.1, 0.15) is 0 Å². The monoisotopic (exact) mass is 450 g/mol. The molecule has 3 aromatic carbocycles. The van der Waals surface area contributed by atoms with Crippen molar-refractivity contribution in [2.24, 2.45) is 0 Å². The third kappa shape index (κ3) is 3.34. The Morgan fingerprint density at radius 2 is 1.24 bits per heavy atom. The van der Waals surface area contributed by atoms with Gasteiger partial charge >= 0.3 is 0 Å². The first-order chi connectivity index (χ1) is 16.6. The quantitative estimate of drug-likeness (QED) is 0.590. The first-order valence-electron chi connectivity index (χ1n) is 11.7. The molecule has 0 saturated carbocycles. The highest BCUT2D eigenvalue weighted by atomic mass is 16.2. The van der Waals surface area contributed by atoms with Crippen LogP contribution in [0.2, 0.25) is 0 Å². The molecular formula is C28H26N4O2. The molecule has 34 heavy (non-hydrogen) atoms. The summed E-state index contributed by atoms with van der Waals surface area (Å²) < 4.78 is 0. The Morgan fingerprint density at radius 3 is 1.82 bits per heavy atom. The molecule has 2 amide bonds. The number of hydrogen-bond acceptors (Lipinski definition) is 4. The Bertz CT molecular complexity index is 1260. The fraction of sp³-hybridized carbons (Fsp3) is 0.214. The molecule has 6 nitrogen and oxygen atoms in total. The molecule has 0 aromatic heterocycles. The summed E-state index contributed by atoms with van der Waals surface area (Å²) in [6.07, 6.45) is 0.634.